The van der Waals surface area contributed by atoms with Gasteiger partial charge in [-0.1, -0.05) is 32.9 Å². The first kappa shape index (κ1) is 20.1. The standard InChI is InChI=1S/C20H29N5O3/c1-4-25(11-17(26)27)14-9-13(10-14)21-20(28)24-18(12(2)3)19-22-15-7-5-6-8-16(15)23-19/h5-8,12-14,18H,4,9-11H2,1-3H3,(H,22,23)(H,26,27)(H2,21,24,28). The maximum absolute atomic E-state index is 12.5. The van der Waals surface area contributed by atoms with Gasteiger partial charge in [-0.2, -0.15) is 0 Å². The fourth-order valence-electron chi connectivity index (χ4n) is 3.72. The largest absolute Gasteiger partial charge is 0.480 e. The molecule has 0 saturated heterocycles. The number of fused-ring (bicyclic) bond motifs is 1. The Labute approximate surface area is 164 Å². The predicted octanol–water partition coefficient (Wildman–Crippen LogP) is 2.50. The number of carboxylic acids is 1. The van der Waals surface area contributed by atoms with Gasteiger partial charge in [0.05, 0.1) is 23.6 Å². The number of H-pyrrole nitrogens is 1. The van der Waals surface area contributed by atoms with Crippen LogP contribution in [0.2, 0.25) is 0 Å². The number of likely N-dealkylation sites (N-methyl/N-ethyl adjacent to an activating group) is 1. The van der Waals surface area contributed by atoms with Gasteiger partial charge < -0.3 is 20.7 Å². The zero-order valence-corrected chi connectivity index (χ0v) is 16.6. The molecule has 0 radical (unpaired) electrons. The molecule has 2 amide bonds. The lowest BCUT2D eigenvalue weighted by atomic mass is 9.85. The van der Waals surface area contributed by atoms with E-state index in [1.165, 1.54) is 0 Å². The number of carboxylic acid groups (broad SMARTS) is 1. The minimum Gasteiger partial charge on any atom is -0.480 e. The Hall–Kier alpha value is -2.61. The van der Waals surface area contributed by atoms with E-state index in [9.17, 15) is 9.59 Å². The molecule has 1 atom stereocenters. The number of nitrogens with zero attached hydrogens (tertiary/aromatic N) is 2. The number of aliphatic carboxylic acids is 1. The second kappa shape index (κ2) is 8.60. The first-order valence-corrected chi connectivity index (χ1v) is 9.84. The molecule has 0 bridgehead atoms. The molecular weight excluding hydrogens is 358 g/mol. The molecule has 1 aromatic carbocycles. The van der Waals surface area contributed by atoms with Crippen LogP contribution in [-0.4, -0.2) is 57.1 Å². The second-order valence-corrected chi connectivity index (χ2v) is 7.76. The van der Waals surface area contributed by atoms with Crippen LogP contribution in [0.1, 0.15) is 45.5 Å². The second-order valence-electron chi connectivity index (χ2n) is 7.76. The Morgan fingerprint density at radius 3 is 2.64 bits per heavy atom. The van der Waals surface area contributed by atoms with E-state index in [0.717, 1.165) is 29.7 Å². The first-order chi connectivity index (χ1) is 13.4. The number of carbonyl (C=O) groups excluding carboxylic acids is 1. The maximum Gasteiger partial charge on any atom is 0.317 e. The lowest BCUT2D eigenvalue weighted by Gasteiger charge is -2.42. The molecule has 1 heterocycles. The highest BCUT2D eigenvalue weighted by molar-refractivity contribution is 5.76. The van der Waals surface area contributed by atoms with Gasteiger partial charge in [0.1, 0.15) is 5.82 Å². The van der Waals surface area contributed by atoms with Crippen molar-refractivity contribution in [3.05, 3.63) is 30.1 Å². The van der Waals surface area contributed by atoms with E-state index < -0.39 is 5.97 Å². The molecule has 8 heteroatoms. The van der Waals surface area contributed by atoms with Crippen LogP contribution in [0.4, 0.5) is 4.79 Å². The molecule has 0 spiro atoms. The Kier molecular flexibility index (Phi) is 6.18. The molecule has 152 valence electrons. The third kappa shape index (κ3) is 4.62. The summed E-state index contributed by atoms with van der Waals surface area (Å²) in [6.07, 6.45) is 1.54. The quantitative estimate of drug-likeness (QED) is 0.556. The number of rotatable bonds is 8. The number of urea groups is 1. The van der Waals surface area contributed by atoms with Crippen LogP contribution >= 0.6 is 0 Å². The third-order valence-corrected chi connectivity index (χ3v) is 5.36. The molecule has 1 aromatic heterocycles. The molecule has 1 aliphatic carbocycles. The molecule has 3 rings (SSSR count). The van der Waals surface area contributed by atoms with Crippen LogP contribution in [0.15, 0.2) is 24.3 Å². The first-order valence-electron chi connectivity index (χ1n) is 9.84. The lowest BCUT2D eigenvalue weighted by molar-refractivity contribution is -0.139. The highest BCUT2D eigenvalue weighted by Crippen LogP contribution is 2.26. The smallest absolute Gasteiger partial charge is 0.317 e. The normalized spacial score (nSPS) is 20.2. The fourth-order valence-corrected chi connectivity index (χ4v) is 3.72. The van der Waals surface area contributed by atoms with Crippen molar-refractivity contribution in [2.75, 3.05) is 13.1 Å². The van der Waals surface area contributed by atoms with E-state index >= 15 is 0 Å². The lowest BCUT2D eigenvalue weighted by Crippen LogP contribution is -2.56. The summed E-state index contributed by atoms with van der Waals surface area (Å²) in [6.45, 7) is 6.78. The van der Waals surface area contributed by atoms with Crippen LogP contribution in [0.25, 0.3) is 11.0 Å². The topological polar surface area (TPSA) is 110 Å². The Balaban J connectivity index is 1.55. The Morgan fingerprint density at radius 2 is 2.04 bits per heavy atom. The van der Waals surface area contributed by atoms with Crippen molar-refractivity contribution in [3.63, 3.8) is 0 Å². The molecule has 1 aliphatic rings. The average Bonchev–Trinajstić information content (AvgIpc) is 3.03. The van der Waals surface area contributed by atoms with Gasteiger partial charge in [0, 0.05) is 12.1 Å². The van der Waals surface area contributed by atoms with Crippen molar-refractivity contribution in [2.24, 2.45) is 5.92 Å². The molecule has 8 nitrogen and oxygen atoms in total. The van der Waals surface area contributed by atoms with Crippen molar-refractivity contribution in [1.29, 1.82) is 0 Å². The van der Waals surface area contributed by atoms with Crippen LogP contribution in [0.3, 0.4) is 0 Å². The number of hydrogen-bond donors (Lipinski definition) is 4. The summed E-state index contributed by atoms with van der Waals surface area (Å²) in [5, 5.41) is 15.0. The summed E-state index contributed by atoms with van der Waals surface area (Å²) in [6, 6.07) is 7.64. The Bertz CT molecular complexity index is 795. The summed E-state index contributed by atoms with van der Waals surface area (Å²) in [7, 11) is 0. The monoisotopic (exact) mass is 387 g/mol. The van der Waals surface area contributed by atoms with E-state index in [4.69, 9.17) is 5.11 Å². The van der Waals surface area contributed by atoms with Gasteiger partial charge in [-0.3, -0.25) is 9.69 Å². The molecule has 1 fully saturated rings. The maximum atomic E-state index is 12.5. The van der Waals surface area contributed by atoms with Crippen molar-refractivity contribution in [1.82, 2.24) is 25.5 Å². The van der Waals surface area contributed by atoms with Crippen LogP contribution in [0, 0.1) is 5.92 Å². The summed E-state index contributed by atoms with van der Waals surface area (Å²) in [4.78, 5) is 33.3. The van der Waals surface area contributed by atoms with Gasteiger partial charge in [0.2, 0.25) is 0 Å². The minimum atomic E-state index is -0.818. The summed E-state index contributed by atoms with van der Waals surface area (Å²) >= 11 is 0. The molecule has 1 unspecified atom stereocenters. The van der Waals surface area contributed by atoms with E-state index in [1.807, 2.05) is 49.9 Å². The van der Waals surface area contributed by atoms with Crippen molar-refractivity contribution in [3.8, 4) is 0 Å². The molecular formula is C20H29N5O3. The van der Waals surface area contributed by atoms with Gasteiger partial charge in [-0.05, 0) is 37.4 Å². The number of nitrogens with one attached hydrogen (secondary N) is 3. The molecule has 28 heavy (non-hydrogen) atoms. The van der Waals surface area contributed by atoms with Gasteiger partial charge in [0.25, 0.3) is 0 Å². The summed E-state index contributed by atoms with van der Waals surface area (Å²) in [5.41, 5.74) is 1.83. The molecule has 2 aromatic rings. The fraction of sp³-hybridized carbons (Fsp3) is 0.550. The number of para-hydroxylation sites is 2. The van der Waals surface area contributed by atoms with Crippen LogP contribution in [0.5, 0.6) is 0 Å². The minimum absolute atomic E-state index is 0.0432. The Morgan fingerprint density at radius 1 is 1.32 bits per heavy atom. The zero-order valence-electron chi connectivity index (χ0n) is 16.6. The summed E-state index contributed by atoms with van der Waals surface area (Å²) < 4.78 is 0. The van der Waals surface area contributed by atoms with Crippen LogP contribution in [-0.2, 0) is 4.79 Å². The highest BCUT2D eigenvalue weighted by Gasteiger charge is 2.35. The highest BCUT2D eigenvalue weighted by atomic mass is 16.4. The van der Waals surface area contributed by atoms with Crippen molar-refractivity contribution in [2.45, 2.75) is 51.7 Å². The van der Waals surface area contributed by atoms with Crippen molar-refractivity contribution < 1.29 is 14.7 Å². The number of carbonyl (C=O) groups is 2. The van der Waals surface area contributed by atoms with Gasteiger partial charge in [-0.15, -0.1) is 0 Å². The number of amides is 2. The van der Waals surface area contributed by atoms with Gasteiger partial charge in [0.15, 0.2) is 0 Å². The van der Waals surface area contributed by atoms with Crippen LogP contribution < -0.4 is 10.6 Å². The van der Waals surface area contributed by atoms with Gasteiger partial charge in [-0.25, -0.2) is 9.78 Å². The van der Waals surface area contributed by atoms with E-state index in [-0.39, 0.29) is 36.6 Å². The summed E-state index contributed by atoms with van der Waals surface area (Å²) in [5.74, 6) is 0.102. The average molecular weight is 387 g/mol. The van der Waals surface area contributed by atoms with Gasteiger partial charge >= 0.3 is 12.0 Å². The van der Waals surface area contributed by atoms with E-state index in [2.05, 4.69) is 20.6 Å². The zero-order chi connectivity index (χ0) is 20.3. The predicted molar refractivity (Wildman–Crippen MR) is 107 cm³/mol. The number of hydrogen-bond acceptors (Lipinski definition) is 4. The van der Waals surface area contributed by atoms with E-state index in [1.54, 1.807) is 0 Å². The number of aromatic nitrogens is 2. The molecule has 4 N–H and O–H groups in total. The van der Waals surface area contributed by atoms with Crippen molar-refractivity contribution >= 4 is 23.0 Å². The molecule has 1 saturated carbocycles. The SMILES string of the molecule is CCN(CC(=O)O)C1CC(NC(=O)NC(c2nc3ccccc3[nH]2)C(C)C)C1. The van der Waals surface area contributed by atoms with E-state index in [0.29, 0.717) is 6.54 Å². The third-order valence-electron chi connectivity index (χ3n) is 5.36. The molecule has 0 aliphatic heterocycles. The number of benzene rings is 1. The number of imidazole rings is 1. The number of aromatic amines is 1.